The largest absolute Gasteiger partial charge is 0.481 e. The van der Waals surface area contributed by atoms with Crippen LogP contribution in [0.15, 0.2) is 22.7 Å². The first-order chi connectivity index (χ1) is 9.81. The fraction of sp³-hybridized carbons (Fsp3) is 0.467. The van der Waals surface area contributed by atoms with E-state index in [0.717, 1.165) is 0 Å². The number of carboxylic acid groups (broad SMARTS) is 1. The maximum atomic E-state index is 13.5. The molecule has 1 saturated heterocycles. The highest BCUT2D eigenvalue weighted by Gasteiger charge is 2.45. The molecule has 2 unspecified atom stereocenters. The predicted molar refractivity (Wildman–Crippen MR) is 79.1 cm³/mol. The van der Waals surface area contributed by atoms with E-state index in [1.165, 1.54) is 12.1 Å². The van der Waals surface area contributed by atoms with Gasteiger partial charge >= 0.3 is 5.97 Å². The van der Waals surface area contributed by atoms with Crippen LogP contribution in [0.2, 0.25) is 0 Å². The average molecular weight is 358 g/mol. The average Bonchev–Trinajstić information content (AvgIpc) is 2.70. The molecule has 1 amide bonds. The molecule has 21 heavy (non-hydrogen) atoms. The van der Waals surface area contributed by atoms with Gasteiger partial charge in [-0.25, -0.2) is 4.39 Å². The highest BCUT2D eigenvalue weighted by molar-refractivity contribution is 9.10. The van der Waals surface area contributed by atoms with Crippen molar-refractivity contribution >= 4 is 27.8 Å². The maximum Gasteiger partial charge on any atom is 0.309 e. The first-order valence-electron chi connectivity index (χ1n) is 6.78. The third-order valence-electron chi connectivity index (χ3n) is 3.59. The lowest BCUT2D eigenvalue weighted by Gasteiger charge is -2.29. The summed E-state index contributed by atoms with van der Waals surface area (Å²) >= 11 is 3.33. The monoisotopic (exact) mass is 357 g/mol. The van der Waals surface area contributed by atoms with Gasteiger partial charge in [-0.05, 0) is 29.7 Å². The summed E-state index contributed by atoms with van der Waals surface area (Å²) < 4.78 is 14.2. The number of nitrogens with zero attached hydrogens (tertiary/aromatic N) is 1. The first kappa shape index (κ1) is 15.9. The number of carboxylic acids is 1. The lowest BCUT2D eigenvalue weighted by atomic mass is 9.93. The van der Waals surface area contributed by atoms with Gasteiger partial charge in [-0.3, -0.25) is 9.59 Å². The minimum absolute atomic E-state index is 0.0460. The molecule has 1 aliphatic rings. The molecule has 0 radical (unpaired) electrons. The van der Waals surface area contributed by atoms with Crippen molar-refractivity contribution in [2.24, 2.45) is 11.8 Å². The highest BCUT2D eigenvalue weighted by atomic mass is 79.9. The molecular weight excluding hydrogens is 341 g/mol. The van der Waals surface area contributed by atoms with Crippen molar-refractivity contribution in [3.63, 3.8) is 0 Å². The summed E-state index contributed by atoms with van der Waals surface area (Å²) in [7, 11) is 0. The molecule has 2 rings (SSSR count). The van der Waals surface area contributed by atoms with Gasteiger partial charge in [0, 0.05) is 17.4 Å². The van der Waals surface area contributed by atoms with Crippen LogP contribution in [0.25, 0.3) is 0 Å². The molecule has 1 aliphatic heterocycles. The topological polar surface area (TPSA) is 57.6 Å². The van der Waals surface area contributed by atoms with E-state index in [4.69, 9.17) is 0 Å². The fourth-order valence-electron chi connectivity index (χ4n) is 2.75. The number of carbonyl (C=O) groups is 2. The summed E-state index contributed by atoms with van der Waals surface area (Å²) in [5.41, 5.74) is 0.508. The van der Waals surface area contributed by atoms with Gasteiger partial charge < -0.3 is 10.0 Å². The van der Waals surface area contributed by atoms with Crippen LogP contribution in [0.5, 0.6) is 0 Å². The van der Waals surface area contributed by atoms with Crippen LogP contribution in [0.1, 0.15) is 31.9 Å². The van der Waals surface area contributed by atoms with E-state index in [2.05, 4.69) is 15.9 Å². The molecule has 2 atom stereocenters. The van der Waals surface area contributed by atoms with Crippen LogP contribution < -0.4 is 0 Å². The number of carbonyl (C=O) groups excluding carboxylic acids is 1. The number of likely N-dealkylation sites (tertiary alicyclic amines) is 1. The fourth-order valence-corrected chi connectivity index (χ4v) is 3.23. The third-order valence-corrected chi connectivity index (χ3v) is 4.31. The SMILES string of the molecule is CC(C)CN1C(=O)CC(C(=O)O)C1c1cc(F)ccc1Br. The second-order valence-electron chi connectivity index (χ2n) is 5.70. The van der Waals surface area contributed by atoms with E-state index >= 15 is 0 Å². The number of halogens is 2. The molecule has 0 saturated carbocycles. The van der Waals surface area contributed by atoms with Gasteiger partial charge in [0.25, 0.3) is 0 Å². The molecule has 1 aromatic rings. The summed E-state index contributed by atoms with van der Waals surface area (Å²) in [5, 5.41) is 9.39. The van der Waals surface area contributed by atoms with Crippen molar-refractivity contribution in [3.8, 4) is 0 Å². The van der Waals surface area contributed by atoms with E-state index in [-0.39, 0.29) is 18.2 Å². The minimum Gasteiger partial charge on any atom is -0.481 e. The van der Waals surface area contributed by atoms with Gasteiger partial charge in [-0.2, -0.15) is 0 Å². The quantitative estimate of drug-likeness (QED) is 0.899. The van der Waals surface area contributed by atoms with Gasteiger partial charge in [-0.1, -0.05) is 29.8 Å². The van der Waals surface area contributed by atoms with Crippen molar-refractivity contribution in [2.45, 2.75) is 26.3 Å². The molecule has 0 bridgehead atoms. The van der Waals surface area contributed by atoms with E-state index in [0.29, 0.717) is 16.6 Å². The molecule has 1 aromatic carbocycles. The Hall–Kier alpha value is -1.43. The van der Waals surface area contributed by atoms with E-state index in [1.807, 2.05) is 13.8 Å². The molecule has 0 aliphatic carbocycles. The highest BCUT2D eigenvalue weighted by Crippen LogP contribution is 2.41. The zero-order valence-corrected chi connectivity index (χ0v) is 13.4. The lowest BCUT2D eigenvalue weighted by Crippen LogP contribution is -2.33. The Labute approximate surface area is 131 Å². The molecule has 6 heteroatoms. The number of hydrogen-bond donors (Lipinski definition) is 1. The first-order valence-corrected chi connectivity index (χ1v) is 7.57. The molecule has 0 spiro atoms. The van der Waals surface area contributed by atoms with Crippen LogP contribution in [-0.2, 0) is 9.59 Å². The van der Waals surface area contributed by atoms with Gasteiger partial charge in [0.2, 0.25) is 5.91 Å². The Morgan fingerprint density at radius 1 is 1.52 bits per heavy atom. The second kappa shape index (κ2) is 6.13. The zero-order chi connectivity index (χ0) is 15.7. The molecule has 1 N–H and O–H groups in total. The van der Waals surface area contributed by atoms with Crippen LogP contribution >= 0.6 is 15.9 Å². The Bertz CT molecular complexity index is 576. The van der Waals surface area contributed by atoms with Gasteiger partial charge in [0.1, 0.15) is 5.82 Å². The number of amides is 1. The van der Waals surface area contributed by atoms with E-state index in [9.17, 15) is 19.1 Å². The van der Waals surface area contributed by atoms with Crippen LogP contribution in [0.4, 0.5) is 4.39 Å². The number of aliphatic carboxylic acids is 1. The Morgan fingerprint density at radius 3 is 2.76 bits per heavy atom. The van der Waals surface area contributed by atoms with Crippen molar-refractivity contribution in [1.82, 2.24) is 4.90 Å². The Kier molecular flexibility index (Phi) is 4.66. The van der Waals surface area contributed by atoms with Gasteiger partial charge in [0.15, 0.2) is 0 Å². The molecule has 4 nitrogen and oxygen atoms in total. The second-order valence-corrected chi connectivity index (χ2v) is 6.55. The molecule has 1 heterocycles. The Balaban J connectivity index is 2.48. The summed E-state index contributed by atoms with van der Waals surface area (Å²) in [6, 6.07) is 3.51. The molecule has 1 fully saturated rings. The standard InChI is InChI=1S/C15H17BrFNO3/c1-8(2)7-18-13(19)6-11(15(20)21)14(18)10-5-9(17)3-4-12(10)16/h3-5,8,11,14H,6-7H2,1-2H3,(H,20,21). The van der Waals surface area contributed by atoms with E-state index in [1.54, 1.807) is 11.0 Å². The van der Waals surface area contributed by atoms with Crippen molar-refractivity contribution in [2.75, 3.05) is 6.54 Å². The van der Waals surface area contributed by atoms with Gasteiger partial charge in [-0.15, -0.1) is 0 Å². The van der Waals surface area contributed by atoms with Crippen LogP contribution in [0.3, 0.4) is 0 Å². The number of rotatable bonds is 4. The predicted octanol–water partition coefficient (Wildman–Crippen LogP) is 3.22. The molecule has 0 aromatic heterocycles. The minimum atomic E-state index is -1.03. The summed E-state index contributed by atoms with van der Waals surface area (Å²) in [4.78, 5) is 25.2. The Morgan fingerprint density at radius 2 is 2.19 bits per heavy atom. The number of hydrogen-bond acceptors (Lipinski definition) is 2. The number of benzene rings is 1. The normalized spacial score (nSPS) is 22.1. The third kappa shape index (κ3) is 3.26. The molecule has 114 valence electrons. The zero-order valence-electron chi connectivity index (χ0n) is 11.8. The van der Waals surface area contributed by atoms with E-state index < -0.39 is 23.7 Å². The summed E-state index contributed by atoms with van der Waals surface area (Å²) in [6.45, 7) is 4.37. The smallest absolute Gasteiger partial charge is 0.309 e. The van der Waals surface area contributed by atoms with Crippen molar-refractivity contribution < 1.29 is 19.1 Å². The molecular formula is C15H17BrFNO3. The van der Waals surface area contributed by atoms with Gasteiger partial charge in [0.05, 0.1) is 12.0 Å². The van der Waals surface area contributed by atoms with Crippen LogP contribution in [0, 0.1) is 17.7 Å². The summed E-state index contributed by atoms with van der Waals surface area (Å²) in [6.07, 6.45) is -0.0460. The maximum absolute atomic E-state index is 13.5. The van der Waals surface area contributed by atoms with Crippen molar-refractivity contribution in [1.29, 1.82) is 0 Å². The van der Waals surface area contributed by atoms with Crippen LogP contribution in [-0.4, -0.2) is 28.4 Å². The summed E-state index contributed by atoms with van der Waals surface area (Å²) in [5.74, 6) is -2.32. The van der Waals surface area contributed by atoms with Crippen molar-refractivity contribution in [3.05, 3.63) is 34.1 Å². The lowest BCUT2D eigenvalue weighted by molar-refractivity contribution is -0.142.